The molecule has 1 aliphatic heterocycles. The fourth-order valence-corrected chi connectivity index (χ4v) is 2.84. The second-order valence-electron chi connectivity index (χ2n) is 6.19. The highest BCUT2D eigenvalue weighted by Crippen LogP contribution is 2.19. The van der Waals surface area contributed by atoms with E-state index in [-0.39, 0.29) is 12.1 Å². The van der Waals surface area contributed by atoms with E-state index in [1.165, 1.54) is 31.3 Å². The highest BCUT2D eigenvalue weighted by molar-refractivity contribution is 5.74. The van der Waals surface area contributed by atoms with Crippen LogP contribution in [0.4, 0.5) is 4.79 Å². The van der Waals surface area contributed by atoms with Gasteiger partial charge >= 0.3 is 6.03 Å². The van der Waals surface area contributed by atoms with Crippen LogP contribution in [0, 0.1) is 5.92 Å². The fourth-order valence-electron chi connectivity index (χ4n) is 2.84. The summed E-state index contributed by atoms with van der Waals surface area (Å²) in [6, 6.07) is 0.0651. The van der Waals surface area contributed by atoms with E-state index < -0.39 is 0 Å². The standard InChI is InChI=1S/C16H28N2O2/c1-13(2)15-12-18(10-11-20-15)16(19)17-9-8-14-6-4-3-5-7-14/h6,13,15H,3-5,7-12H2,1-2H3,(H,17,19). The molecule has 1 atom stereocenters. The average Bonchev–Trinajstić information content (AvgIpc) is 2.48. The summed E-state index contributed by atoms with van der Waals surface area (Å²) in [5, 5.41) is 3.05. The Morgan fingerprint density at radius 3 is 3.05 bits per heavy atom. The maximum absolute atomic E-state index is 12.1. The molecule has 0 radical (unpaired) electrons. The summed E-state index contributed by atoms with van der Waals surface area (Å²) in [7, 11) is 0. The molecular formula is C16H28N2O2. The van der Waals surface area contributed by atoms with Crippen LogP contribution in [0.5, 0.6) is 0 Å². The van der Waals surface area contributed by atoms with Gasteiger partial charge in [-0.05, 0) is 38.0 Å². The van der Waals surface area contributed by atoms with Crippen molar-refractivity contribution >= 4 is 6.03 Å². The molecule has 4 heteroatoms. The number of hydrogen-bond donors (Lipinski definition) is 1. The molecule has 0 aromatic heterocycles. The Hall–Kier alpha value is -1.03. The van der Waals surface area contributed by atoms with Crippen molar-refractivity contribution in [2.75, 3.05) is 26.2 Å². The van der Waals surface area contributed by atoms with Crippen molar-refractivity contribution < 1.29 is 9.53 Å². The van der Waals surface area contributed by atoms with Gasteiger partial charge in [0, 0.05) is 19.6 Å². The minimum atomic E-state index is 0.0651. The van der Waals surface area contributed by atoms with Crippen molar-refractivity contribution in [2.45, 2.75) is 52.1 Å². The summed E-state index contributed by atoms with van der Waals surface area (Å²) < 4.78 is 5.69. The lowest BCUT2D eigenvalue weighted by Crippen LogP contribution is -2.51. The third-order valence-electron chi connectivity index (χ3n) is 4.23. The number of nitrogens with one attached hydrogen (secondary N) is 1. The number of hydrogen-bond acceptors (Lipinski definition) is 2. The summed E-state index contributed by atoms with van der Waals surface area (Å²) >= 11 is 0. The van der Waals surface area contributed by atoms with Crippen LogP contribution in [0.25, 0.3) is 0 Å². The molecule has 1 fully saturated rings. The molecule has 1 unspecified atom stereocenters. The van der Waals surface area contributed by atoms with Crippen LogP contribution in [0.2, 0.25) is 0 Å². The first kappa shape index (κ1) is 15.4. The van der Waals surface area contributed by atoms with Gasteiger partial charge in [0.2, 0.25) is 0 Å². The van der Waals surface area contributed by atoms with Gasteiger partial charge in [-0.3, -0.25) is 0 Å². The second-order valence-corrected chi connectivity index (χ2v) is 6.19. The van der Waals surface area contributed by atoms with Crippen molar-refractivity contribution in [3.8, 4) is 0 Å². The summed E-state index contributed by atoms with van der Waals surface area (Å²) in [4.78, 5) is 14.0. The van der Waals surface area contributed by atoms with Crippen LogP contribution in [0.3, 0.4) is 0 Å². The van der Waals surface area contributed by atoms with E-state index in [1.54, 1.807) is 0 Å². The zero-order chi connectivity index (χ0) is 14.4. The molecule has 0 bridgehead atoms. The normalized spacial score (nSPS) is 23.6. The van der Waals surface area contributed by atoms with E-state index in [1.807, 2.05) is 4.90 Å². The van der Waals surface area contributed by atoms with E-state index in [9.17, 15) is 4.79 Å². The molecule has 1 heterocycles. The maximum atomic E-state index is 12.1. The van der Waals surface area contributed by atoms with Crippen molar-refractivity contribution in [3.63, 3.8) is 0 Å². The van der Waals surface area contributed by atoms with Gasteiger partial charge in [-0.25, -0.2) is 4.79 Å². The van der Waals surface area contributed by atoms with Crippen LogP contribution in [-0.4, -0.2) is 43.3 Å². The quantitative estimate of drug-likeness (QED) is 0.804. The minimum Gasteiger partial charge on any atom is -0.374 e. The lowest BCUT2D eigenvalue weighted by molar-refractivity contribution is -0.0370. The molecule has 2 amide bonds. The van der Waals surface area contributed by atoms with Crippen LogP contribution < -0.4 is 5.32 Å². The van der Waals surface area contributed by atoms with Gasteiger partial charge in [0.1, 0.15) is 0 Å². The van der Waals surface area contributed by atoms with Crippen LogP contribution in [0.1, 0.15) is 46.0 Å². The monoisotopic (exact) mass is 280 g/mol. The molecule has 20 heavy (non-hydrogen) atoms. The van der Waals surface area contributed by atoms with Gasteiger partial charge in [0.05, 0.1) is 12.7 Å². The van der Waals surface area contributed by atoms with E-state index in [0.29, 0.717) is 25.6 Å². The van der Waals surface area contributed by atoms with Crippen molar-refractivity contribution in [1.29, 1.82) is 0 Å². The van der Waals surface area contributed by atoms with Crippen molar-refractivity contribution in [3.05, 3.63) is 11.6 Å². The average molecular weight is 280 g/mol. The van der Waals surface area contributed by atoms with Gasteiger partial charge in [-0.15, -0.1) is 0 Å². The first-order valence-corrected chi connectivity index (χ1v) is 7.99. The number of carbonyl (C=O) groups excluding carboxylic acids is 1. The molecule has 0 spiro atoms. The van der Waals surface area contributed by atoms with E-state index in [0.717, 1.165) is 13.0 Å². The highest BCUT2D eigenvalue weighted by Gasteiger charge is 2.25. The first-order valence-electron chi connectivity index (χ1n) is 7.99. The predicted molar refractivity (Wildman–Crippen MR) is 80.7 cm³/mol. The van der Waals surface area contributed by atoms with Crippen LogP contribution in [-0.2, 0) is 4.74 Å². The summed E-state index contributed by atoms with van der Waals surface area (Å²) in [5.74, 6) is 0.456. The first-order chi connectivity index (χ1) is 9.66. The molecular weight excluding hydrogens is 252 g/mol. The van der Waals surface area contributed by atoms with Gasteiger partial charge < -0.3 is 15.0 Å². The molecule has 2 rings (SSSR count). The SMILES string of the molecule is CC(C)C1CN(C(=O)NCCC2=CCCCC2)CCO1. The van der Waals surface area contributed by atoms with E-state index >= 15 is 0 Å². The Balaban J connectivity index is 1.70. The molecule has 4 nitrogen and oxygen atoms in total. The summed E-state index contributed by atoms with van der Waals surface area (Å²) in [5.41, 5.74) is 1.51. The molecule has 0 aromatic rings. The zero-order valence-corrected chi connectivity index (χ0v) is 12.9. The largest absolute Gasteiger partial charge is 0.374 e. The Morgan fingerprint density at radius 2 is 2.35 bits per heavy atom. The molecule has 0 aromatic carbocycles. The molecule has 0 saturated carbocycles. The third kappa shape index (κ3) is 4.51. The number of amides is 2. The van der Waals surface area contributed by atoms with Crippen molar-refractivity contribution in [1.82, 2.24) is 10.2 Å². The Bertz CT molecular complexity index is 352. The number of ether oxygens (including phenoxy) is 1. The molecule has 2 aliphatic rings. The number of morpholine rings is 1. The Labute approximate surface area is 122 Å². The highest BCUT2D eigenvalue weighted by atomic mass is 16.5. The van der Waals surface area contributed by atoms with Gasteiger partial charge in [-0.2, -0.15) is 0 Å². The molecule has 1 N–H and O–H groups in total. The number of carbonyl (C=O) groups is 1. The topological polar surface area (TPSA) is 41.6 Å². The van der Waals surface area contributed by atoms with Crippen LogP contribution >= 0.6 is 0 Å². The Morgan fingerprint density at radius 1 is 1.50 bits per heavy atom. The lowest BCUT2D eigenvalue weighted by atomic mass is 9.97. The zero-order valence-electron chi connectivity index (χ0n) is 12.9. The Kier molecular flexibility index (Phi) is 5.89. The predicted octanol–water partition coefficient (Wildman–Crippen LogP) is 2.94. The van der Waals surface area contributed by atoms with Gasteiger partial charge in [-0.1, -0.05) is 25.5 Å². The number of allylic oxidation sites excluding steroid dienone is 1. The number of rotatable bonds is 4. The van der Waals surface area contributed by atoms with Crippen LogP contribution in [0.15, 0.2) is 11.6 Å². The smallest absolute Gasteiger partial charge is 0.317 e. The van der Waals surface area contributed by atoms with Gasteiger partial charge in [0.15, 0.2) is 0 Å². The lowest BCUT2D eigenvalue weighted by Gasteiger charge is -2.34. The summed E-state index contributed by atoms with van der Waals surface area (Å²) in [6.07, 6.45) is 8.57. The number of urea groups is 1. The minimum absolute atomic E-state index is 0.0651. The van der Waals surface area contributed by atoms with E-state index in [2.05, 4.69) is 25.2 Å². The molecule has 1 saturated heterocycles. The molecule has 114 valence electrons. The third-order valence-corrected chi connectivity index (χ3v) is 4.23. The second kappa shape index (κ2) is 7.67. The van der Waals surface area contributed by atoms with Crippen molar-refractivity contribution in [2.24, 2.45) is 5.92 Å². The van der Waals surface area contributed by atoms with Gasteiger partial charge in [0.25, 0.3) is 0 Å². The molecule has 1 aliphatic carbocycles. The number of nitrogens with zero attached hydrogens (tertiary/aromatic N) is 1. The maximum Gasteiger partial charge on any atom is 0.317 e. The van der Waals surface area contributed by atoms with E-state index in [4.69, 9.17) is 4.74 Å². The fraction of sp³-hybridized carbons (Fsp3) is 0.812. The summed E-state index contributed by atoms with van der Waals surface area (Å²) in [6.45, 7) is 7.11.